The smallest absolute Gasteiger partial charge is 0.361 e. The summed E-state index contributed by atoms with van der Waals surface area (Å²) in [6.45, 7) is 7.32. The fraction of sp³-hybridized carbons (Fsp3) is 0.875. The third-order valence-electron chi connectivity index (χ3n) is 2.10. The van der Waals surface area contributed by atoms with Crippen LogP contribution >= 0.6 is 0 Å². The zero-order valence-electron chi connectivity index (χ0n) is 7.64. The molecule has 0 atom stereocenters. The maximum atomic E-state index is 11.1. The van der Waals surface area contributed by atoms with E-state index in [1.54, 1.807) is 0 Å². The molecule has 12 heavy (non-hydrogen) atoms. The number of nitrogens with two attached hydrogens (primary N) is 1. The molecular formula is C8H18N2O2+2. The predicted octanol–water partition coefficient (Wildman–Crippen LogP) is -2.99. The molecule has 1 saturated heterocycles. The van der Waals surface area contributed by atoms with Crippen LogP contribution in [-0.4, -0.2) is 45.3 Å². The van der Waals surface area contributed by atoms with Gasteiger partial charge in [0.25, 0.3) is 0 Å². The summed E-state index contributed by atoms with van der Waals surface area (Å²) >= 11 is 0. The zero-order valence-corrected chi connectivity index (χ0v) is 7.64. The highest BCUT2D eigenvalue weighted by molar-refractivity contribution is 5.70. The molecule has 0 aliphatic carbocycles. The van der Waals surface area contributed by atoms with Gasteiger partial charge in [-0.1, -0.05) is 0 Å². The SMILES string of the molecule is CCOC(=O)C[NH+]1CC[NH2+]CC1. The molecule has 0 aromatic rings. The van der Waals surface area contributed by atoms with Gasteiger partial charge in [0.1, 0.15) is 26.2 Å². The van der Waals surface area contributed by atoms with E-state index in [4.69, 9.17) is 4.74 Å². The summed E-state index contributed by atoms with van der Waals surface area (Å²) in [6.07, 6.45) is 0. The van der Waals surface area contributed by atoms with Crippen molar-refractivity contribution in [2.45, 2.75) is 6.92 Å². The van der Waals surface area contributed by atoms with Gasteiger partial charge in [0.2, 0.25) is 0 Å². The van der Waals surface area contributed by atoms with Crippen LogP contribution in [0.3, 0.4) is 0 Å². The molecule has 1 rings (SSSR count). The Morgan fingerprint density at radius 2 is 2.17 bits per heavy atom. The standard InChI is InChI=1S/C8H16N2O2/c1-2-12-8(11)7-10-5-3-9-4-6-10/h9H,2-7H2,1H3/p+2. The van der Waals surface area contributed by atoms with Crippen LogP contribution in [0.25, 0.3) is 0 Å². The van der Waals surface area contributed by atoms with Gasteiger partial charge in [-0.25, -0.2) is 4.79 Å². The molecular weight excluding hydrogens is 156 g/mol. The average Bonchev–Trinajstić information content (AvgIpc) is 2.06. The minimum absolute atomic E-state index is 0.0607. The van der Waals surface area contributed by atoms with Gasteiger partial charge < -0.3 is 15.0 Å². The number of carbonyl (C=O) groups excluding carboxylic acids is 1. The van der Waals surface area contributed by atoms with Crippen LogP contribution in [0.4, 0.5) is 0 Å². The largest absolute Gasteiger partial charge is 0.462 e. The van der Waals surface area contributed by atoms with E-state index in [1.807, 2.05) is 6.92 Å². The van der Waals surface area contributed by atoms with E-state index < -0.39 is 0 Å². The molecule has 4 heteroatoms. The lowest BCUT2D eigenvalue weighted by Gasteiger charge is -2.20. The molecule has 3 N–H and O–H groups in total. The number of hydrogen-bond donors (Lipinski definition) is 2. The van der Waals surface area contributed by atoms with Crippen molar-refractivity contribution in [3.63, 3.8) is 0 Å². The van der Waals surface area contributed by atoms with Crippen molar-refractivity contribution in [1.82, 2.24) is 0 Å². The number of rotatable bonds is 3. The normalized spacial score (nSPS) is 19.1. The Morgan fingerprint density at radius 1 is 1.50 bits per heavy atom. The Hall–Kier alpha value is -0.610. The molecule has 0 spiro atoms. The van der Waals surface area contributed by atoms with E-state index in [2.05, 4.69) is 5.32 Å². The highest BCUT2D eigenvalue weighted by Crippen LogP contribution is 1.72. The number of hydrogen-bond acceptors (Lipinski definition) is 2. The topological polar surface area (TPSA) is 47.4 Å². The van der Waals surface area contributed by atoms with E-state index in [0.717, 1.165) is 26.2 Å². The highest BCUT2D eigenvalue weighted by Gasteiger charge is 2.19. The van der Waals surface area contributed by atoms with E-state index in [-0.39, 0.29) is 5.97 Å². The molecule has 0 unspecified atom stereocenters. The van der Waals surface area contributed by atoms with Gasteiger partial charge in [-0.05, 0) is 6.92 Å². The quantitative estimate of drug-likeness (QED) is 0.448. The van der Waals surface area contributed by atoms with Crippen LogP contribution in [0, 0.1) is 0 Å². The first-order valence-electron chi connectivity index (χ1n) is 4.63. The number of esters is 1. The third kappa shape index (κ3) is 3.19. The van der Waals surface area contributed by atoms with Crippen molar-refractivity contribution >= 4 is 5.97 Å². The predicted molar refractivity (Wildman–Crippen MR) is 43.9 cm³/mol. The summed E-state index contributed by atoms with van der Waals surface area (Å²) in [6, 6.07) is 0. The summed E-state index contributed by atoms with van der Waals surface area (Å²) in [5.74, 6) is -0.0607. The fourth-order valence-electron chi connectivity index (χ4n) is 1.47. The molecule has 0 radical (unpaired) electrons. The number of piperazine rings is 1. The second kappa shape index (κ2) is 5.11. The van der Waals surface area contributed by atoms with Crippen molar-refractivity contribution < 1.29 is 19.7 Å². The first-order chi connectivity index (χ1) is 5.83. The Bertz CT molecular complexity index is 144. The van der Waals surface area contributed by atoms with Gasteiger partial charge in [-0.15, -0.1) is 0 Å². The van der Waals surface area contributed by atoms with Gasteiger partial charge in [0, 0.05) is 0 Å². The fourth-order valence-corrected chi connectivity index (χ4v) is 1.47. The monoisotopic (exact) mass is 174 g/mol. The summed E-state index contributed by atoms with van der Waals surface area (Å²) < 4.78 is 4.87. The average molecular weight is 174 g/mol. The highest BCUT2D eigenvalue weighted by atomic mass is 16.5. The molecule has 0 amide bonds. The number of ether oxygens (including phenoxy) is 1. The molecule has 0 saturated carbocycles. The van der Waals surface area contributed by atoms with E-state index in [9.17, 15) is 4.79 Å². The van der Waals surface area contributed by atoms with Crippen LogP contribution in [0.2, 0.25) is 0 Å². The van der Waals surface area contributed by atoms with E-state index >= 15 is 0 Å². The van der Waals surface area contributed by atoms with E-state index in [1.165, 1.54) is 4.90 Å². The lowest BCUT2D eigenvalue weighted by molar-refractivity contribution is -0.940. The van der Waals surface area contributed by atoms with Gasteiger partial charge in [0.15, 0.2) is 6.54 Å². The summed E-state index contributed by atoms with van der Waals surface area (Å²) in [4.78, 5) is 12.4. The van der Waals surface area contributed by atoms with Crippen LogP contribution in [0.15, 0.2) is 0 Å². The lowest BCUT2D eigenvalue weighted by atomic mass is 10.3. The van der Waals surface area contributed by atoms with Crippen LogP contribution in [-0.2, 0) is 9.53 Å². The van der Waals surface area contributed by atoms with Crippen molar-refractivity contribution in [3.8, 4) is 0 Å². The summed E-state index contributed by atoms with van der Waals surface area (Å²) in [5.41, 5.74) is 0. The Morgan fingerprint density at radius 3 is 2.75 bits per heavy atom. The van der Waals surface area contributed by atoms with Gasteiger partial charge >= 0.3 is 5.97 Å². The first-order valence-corrected chi connectivity index (χ1v) is 4.63. The Kier molecular flexibility index (Phi) is 4.04. The molecule has 1 fully saturated rings. The van der Waals surface area contributed by atoms with Crippen molar-refractivity contribution in [3.05, 3.63) is 0 Å². The zero-order chi connectivity index (χ0) is 8.81. The summed E-state index contributed by atoms with van der Waals surface area (Å²) in [7, 11) is 0. The van der Waals surface area contributed by atoms with Gasteiger partial charge in [-0.2, -0.15) is 0 Å². The number of nitrogens with one attached hydrogen (secondary N) is 1. The molecule has 70 valence electrons. The Balaban J connectivity index is 2.15. The molecule has 1 aliphatic rings. The van der Waals surface area contributed by atoms with E-state index in [0.29, 0.717) is 13.2 Å². The van der Waals surface area contributed by atoms with Crippen molar-refractivity contribution in [1.29, 1.82) is 0 Å². The Labute approximate surface area is 72.9 Å². The second-order valence-corrected chi connectivity index (χ2v) is 3.10. The van der Waals surface area contributed by atoms with Gasteiger partial charge in [0.05, 0.1) is 6.61 Å². The third-order valence-corrected chi connectivity index (χ3v) is 2.10. The minimum atomic E-state index is -0.0607. The first kappa shape index (κ1) is 9.48. The number of carbonyl (C=O) groups is 1. The molecule has 1 heterocycles. The maximum absolute atomic E-state index is 11.1. The van der Waals surface area contributed by atoms with Crippen LogP contribution in [0.1, 0.15) is 6.92 Å². The molecule has 0 bridgehead atoms. The maximum Gasteiger partial charge on any atom is 0.361 e. The number of quaternary nitrogens is 2. The molecule has 4 nitrogen and oxygen atoms in total. The van der Waals surface area contributed by atoms with Gasteiger partial charge in [-0.3, -0.25) is 0 Å². The second-order valence-electron chi connectivity index (χ2n) is 3.10. The minimum Gasteiger partial charge on any atom is -0.462 e. The van der Waals surface area contributed by atoms with Crippen LogP contribution < -0.4 is 10.2 Å². The van der Waals surface area contributed by atoms with Crippen molar-refractivity contribution in [2.24, 2.45) is 0 Å². The molecule has 0 aromatic carbocycles. The summed E-state index contributed by atoms with van der Waals surface area (Å²) in [5, 5.41) is 2.29. The molecule has 0 aromatic heterocycles. The van der Waals surface area contributed by atoms with Crippen molar-refractivity contribution in [2.75, 3.05) is 39.3 Å². The lowest BCUT2D eigenvalue weighted by Crippen LogP contribution is -3.21. The van der Waals surface area contributed by atoms with Crippen LogP contribution in [0.5, 0.6) is 0 Å². The molecule has 1 aliphatic heterocycles.